The van der Waals surface area contributed by atoms with Gasteiger partial charge in [0.1, 0.15) is 12.7 Å². The normalized spacial score (nSPS) is 23.2. The second-order valence-corrected chi connectivity index (χ2v) is 10.3. The van der Waals surface area contributed by atoms with Crippen LogP contribution in [0.3, 0.4) is 0 Å². The maximum Gasteiger partial charge on any atom is 0.320 e. The van der Waals surface area contributed by atoms with Crippen molar-refractivity contribution in [2.24, 2.45) is 5.92 Å². The standard InChI is InChI=1S/C26H27Cl2FN2O4/c27-18-3-1-16(2-4-18)24-21(28)5-6-23(25(24)29)35-20-7-10-30(11-8-20)26(33)31-12-9-22-17(14-31)13-19(32)15-34-22/h1-6,17,20,22H,7-15H2/t17-,22+/m1/s1. The predicted octanol–water partition coefficient (Wildman–Crippen LogP) is 5.44. The first-order chi connectivity index (χ1) is 16.9. The summed E-state index contributed by atoms with van der Waals surface area (Å²) >= 11 is 12.3. The molecule has 35 heavy (non-hydrogen) atoms. The molecule has 0 saturated carbocycles. The van der Waals surface area contributed by atoms with Crippen LogP contribution in [0, 0.1) is 11.7 Å². The zero-order valence-corrected chi connectivity index (χ0v) is 20.7. The zero-order valence-electron chi connectivity index (χ0n) is 19.2. The summed E-state index contributed by atoms with van der Waals surface area (Å²) in [5, 5.41) is 0.857. The van der Waals surface area contributed by atoms with Crippen LogP contribution >= 0.6 is 23.2 Å². The number of ketones is 1. The molecule has 0 N–H and O–H groups in total. The van der Waals surface area contributed by atoms with Crippen LogP contribution in [0.2, 0.25) is 10.0 Å². The summed E-state index contributed by atoms with van der Waals surface area (Å²) in [5.41, 5.74) is 0.902. The van der Waals surface area contributed by atoms with E-state index in [0.717, 1.165) is 6.42 Å². The Bertz CT molecular complexity index is 1110. The number of piperidine rings is 2. The Labute approximate surface area is 213 Å². The van der Waals surface area contributed by atoms with Gasteiger partial charge >= 0.3 is 6.03 Å². The molecule has 5 rings (SSSR count). The summed E-state index contributed by atoms with van der Waals surface area (Å²) in [4.78, 5) is 28.5. The molecule has 0 aliphatic carbocycles. The summed E-state index contributed by atoms with van der Waals surface area (Å²) in [7, 11) is 0. The highest BCUT2D eigenvalue weighted by Gasteiger charge is 2.38. The van der Waals surface area contributed by atoms with E-state index < -0.39 is 5.82 Å². The largest absolute Gasteiger partial charge is 0.487 e. The second-order valence-electron chi connectivity index (χ2n) is 9.42. The highest BCUT2D eigenvalue weighted by atomic mass is 35.5. The molecule has 3 aliphatic rings. The first-order valence-corrected chi connectivity index (χ1v) is 12.7. The fourth-order valence-corrected chi connectivity index (χ4v) is 5.58. The zero-order chi connectivity index (χ0) is 24.5. The van der Waals surface area contributed by atoms with Gasteiger partial charge in [-0.25, -0.2) is 9.18 Å². The van der Waals surface area contributed by atoms with E-state index in [2.05, 4.69) is 0 Å². The molecule has 3 heterocycles. The Hall–Kier alpha value is -2.35. The minimum Gasteiger partial charge on any atom is -0.487 e. The van der Waals surface area contributed by atoms with E-state index in [1.807, 2.05) is 9.80 Å². The number of halogens is 3. The van der Waals surface area contributed by atoms with E-state index >= 15 is 4.39 Å². The van der Waals surface area contributed by atoms with Gasteiger partial charge in [-0.15, -0.1) is 0 Å². The van der Waals surface area contributed by atoms with E-state index in [0.29, 0.717) is 61.1 Å². The molecule has 3 fully saturated rings. The van der Waals surface area contributed by atoms with E-state index in [-0.39, 0.29) is 47.9 Å². The molecule has 3 aliphatic heterocycles. The van der Waals surface area contributed by atoms with Crippen molar-refractivity contribution >= 4 is 35.0 Å². The first kappa shape index (κ1) is 24.3. The molecule has 186 valence electrons. The van der Waals surface area contributed by atoms with Gasteiger partial charge in [0.25, 0.3) is 0 Å². The number of Topliss-reactive ketones (excluding diaryl/α,β-unsaturated/α-hetero) is 1. The quantitative estimate of drug-likeness (QED) is 0.540. The third-order valence-electron chi connectivity index (χ3n) is 7.08. The van der Waals surface area contributed by atoms with E-state index in [4.69, 9.17) is 32.7 Å². The third kappa shape index (κ3) is 5.27. The number of urea groups is 1. The summed E-state index contributed by atoms with van der Waals surface area (Å²) in [5.74, 6) is -0.177. The van der Waals surface area contributed by atoms with Crippen molar-refractivity contribution in [1.82, 2.24) is 9.80 Å². The van der Waals surface area contributed by atoms with Gasteiger partial charge in [0.15, 0.2) is 17.3 Å². The number of nitrogens with zero attached hydrogens (tertiary/aromatic N) is 2. The molecule has 0 unspecified atom stereocenters. The SMILES string of the molecule is O=C1CO[C@H]2CCN(C(=O)N3CCC(Oc4ccc(Cl)c(-c5ccc(Cl)cc5)c4F)CC3)C[C@H]2C1. The molecule has 0 aromatic heterocycles. The van der Waals surface area contributed by atoms with Crippen LogP contribution in [0.15, 0.2) is 36.4 Å². The van der Waals surface area contributed by atoms with Crippen LogP contribution in [0.4, 0.5) is 9.18 Å². The number of benzene rings is 2. The summed E-state index contributed by atoms with van der Waals surface area (Å²) in [6.45, 7) is 2.44. The van der Waals surface area contributed by atoms with Gasteiger partial charge in [-0.1, -0.05) is 35.3 Å². The molecule has 0 bridgehead atoms. The number of carbonyl (C=O) groups excluding carboxylic acids is 2. The average molecular weight is 521 g/mol. The van der Waals surface area contributed by atoms with Crippen molar-refractivity contribution in [3.05, 3.63) is 52.3 Å². The average Bonchev–Trinajstić information content (AvgIpc) is 2.86. The third-order valence-corrected chi connectivity index (χ3v) is 7.64. The summed E-state index contributed by atoms with van der Waals surface area (Å²) in [6, 6.07) is 9.99. The van der Waals surface area contributed by atoms with Crippen molar-refractivity contribution in [2.45, 2.75) is 37.9 Å². The number of hydrogen-bond donors (Lipinski definition) is 0. The highest BCUT2D eigenvalue weighted by molar-refractivity contribution is 6.33. The number of likely N-dealkylation sites (tertiary alicyclic amines) is 2. The van der Waals surface area contributed by atoms with Crippen molar-refractivity contribution in [3.63, 3.8) is 0 Å². The van der Waals surface area contributed by atoms with Crippen LogP contribution in [0.5, 0.6) is 5.75 Å². The molecule has 2 amide bonds. The van der Waals surface area contributed by atoms with Gasteiger partial charge in [0.05, 0.1) is 11.1 Å². The lowest BCUT2D eigenvalue weighted by atomic mass is 9.88. The van der Waals surface area contributed by atoms with Crippen LogP contribution in [0.1, 0.15) is 25.7 Å². The van der Waals surface area contributed by atoms with Crippen LogP contribution in [0.25, 0.3) is 11.1 Å². The van der Waals surface area contributed by atoms with Crippen LogP contribution in [-0.4, -0.2) is 66.6 Å². The van der Waals surface area contributed by atoms with Gasteiger partial charge in [0.2, 0.25) is 0 Å². The van der Waals surface area contributed by atoms with E-state index in [9.17, 15) is 9.59 Å². The van der Waals surface area contributed by atoms with Gasteiger partial charge in [0, 0.05) is 61.9 Å². The lowest BCUT2D eigenvalue weighted by Crippen LogP contribution is -2.55. The molecular formula is C26H27Cl2FN2O4. The van der Waals surface area contributed by atoms with Gasteiger partial charge in [-0.3, -0.25) is 4.79 Å². The molecule has 2 atom stereocenters. The van der Waals surface area contributed by atoms with Crippen LogP contribution in [-0.2, 0) is 9.53 Å². The minimum absolute atomic E-state index is 0.0115. The molecule has 2 aromatic rings. The maximum absolute atomic E-state index is 15.3. The van der Waals surface area contributed by atoms with Crippen molar-refractivity contribution in [3.8, 4) is 16.9 Å². The highest BCUT2D eigenvalue weighted by Crippen LogP contribution is 2.37. The first-order valence-electron chi connectivity index (χ1n) is 12.0. The number of amides is 2. The van der Waals surface area contributed by atoms with E-state index in [1.165, 1.54) is 0 Å². The predicted molar refractivity (Wildman–Crippen MR) is 132 cm³/mol. The molecule has 2 aromatic carbocycles. The molecule has 0 radical (unpaired) electrons. The second kappa shape index (κ2) is 10.3. The Kier molecular flexibility index (Phi) is 7.19. The van der Waals surface area contributed by atoms with Gasteiger partial charge < -0.3 is 19.3 Å². The molecule has 3 saturated heterocycles. The topological polar surface area (TPSA) is 59.1 Å². The Morgan fingerprint density at radius 3 is 2.46 bits per heavy atom. The van der Waals surface area contributed by atoms with Crippen molar-refractivity contribution < 1.29 is 23.5 Å². The molecule has 6 nitrogen and oxygen atoms in total. The molecule has 0 spiro atoms. The smallest absolute Gasteiger partial charge is 0.320 e. The minimum atomic E-state index is -0.509. The lowest BCUT2D eigenvalue weighted by molar-refractivity contribution is -0.140. The number of rotatable bonds is 3. The lowest BCUT2D eigenvalue weighted by Gasteiger charge is -2.43. The monoisotopic (exact) mass is 520 g/mol. The number of carbonyl (C=O) groups is 2. The Morgan fingerprint density at radius 2 is 1.71 bits per heavy atom. The van der Waals surface area contributed by atoms with E-state index in [1.54, 1.807) is 36.4 Å². The molecule has 9 heteroatoms. The summed E-state index contributed by atoms with van der Waals surface area (Å²) in [6.07, 6.45) is 2.31. The van der Waals surface area contributed by atoms with Crippen molar-refractivity contribution in [1.29, 1.82) is 0 Å². The Balaban J connectivity index is 1.19. The van der Waals surface area contributed by atoms with Crippen LogP contribution < -0.4 is 4.74 Å². The number of hydrogen-bond acceptors (Lipinski definition) is 4. The number of fused-ring (bicyclic) bond motifs is 1. The molecular weight excluding hydrogens is 494 g/mol. The maximum atomic E-state index is 15.3. The van der Waals surface area contributed by atoms with Crippen molar-refractivity contribution in [2.75, 3.05) is 32.8 Å². The van der Waals surface area contributed by atoms with Gasteiger partial charge in [-0.2, -0.15) is 0 Å². The van der Waals surface area contributed by atoms with Gasteiger partial charge in [-0.05, 0) is 36.2 Å². The fraction of sp³-hybridized carbons (Fsp3) is 0.462. The fourth-order valence-electron chi connectivity index (χ4n) is 5.20. The summed E-state index contributed by atoms with van der Waals surface area (Å²) < 4.78 is 27.0. The Morgan fingerprint density at radius 1 is 1.00 bits per heavy atom. The number of ether oxygens (including phenoxy) is 2.